The second-order valence-electron chi connectivity index (χ2n) is 11.4. The second kappa shape index (κ2) is 9.82. The highest BCUT2D eigenvalue weighted by Gasteiger charge is 2.69. The number of nitrogens with one attached hydrogen (secondary N) is 1. The molecule has 0 heterocycles. The molecular formula is C27H34ClN3O7. The van der Waals surface area contributed by atoms with Gasteiger partial charge in [0.1, 0.15) is 5.75 Å². The Morgan fingerprint density at radius 1 is 1.21 bits per heavy atom. The van der Waals surface area contributed by atoms with Crippen molar-refractivity contribution in [3.8, 4) is 5.75 Å². The van der Waals surface area contributed by atoms with Crippen molar-refractivity contribution in [3.63, 3.8) is 0 Å². The molecule has 0 aliphatic heterocycles. The number of amides is 1. The van der Waals surface area contributed by atoms with E-state index in [-0.39, 0.29) is 30.2 Å². The van der Waals surface area contributed by atoms with Crippen LogP contribution in [0, 0.1) is 29.6 Å². The minimum Gasteiger partial charge on any atom is -0.507 e. The lowest BCUT2D eigenvalue weighted by Gasteiger charge is -2.52. The number of ketones is 4. The van der Waals surface area contributed by atoms with Gasteiger partial charge in [-0.2, -0.15) is 0 Å². The van der Waals surface area contributed by atoms with E-state index in [9.17, 15) is 34.2 Å². The number of primary amides is 1. The fraction of sp³-hybridized carbons (Fsp3) is 0.593. The maximum absolute atomic E-state index is 13.8. The largest absolute Gasteiger partial charge is 0.507 e. The van der Waals surface area contributed by atoms with Gasteiger partial charge in [-0.05, 0) is 62.9 Å². The fourth-order valence-electron chi connectivity index (χ4n) is 6.34. The molecule has 5 N–H and O–H groups in total. The van der Waals surface area contributed by atoms with Crippen LogP contribution in [0.1, 0.15) is 48.7 Å². The first-order valence-electron chi connectivity index (χ1n) is 12.8. The summed E-state index contributed by atoms with van der Waals surface area (Å²) in [7, 11) is 3.09. The Morgan fingerprint density at radius 3 is 2.39 bits per heavy atom. The van der Waals surface area contributed by atoms with Gasteiger partial charge in [0.15, 0.2) is 34.7 Å². The Kier molecular flexibility index (Phi) is 7.33. The van der Waals surface area contributed by atoms with E-state index in [4.69, 9.17) is 17.3 Å². The zero-order chi connectivity index (χ0) is 28.4. The number of rotatable bonds is 6. The summed E-state index contributed by atoms with van der Waals surface area (Å²) in [4.78, 5) is 67.4. The quantitative estimate of drug-likeness (QED) is 0.374. The number of carbonyl (C=O) groups excluding carboxylic acids is 5. The summed E-state index contributed by atoms with van der Waals surface area (Å²) in [5.74, 6) is -10.4. The van der Waals surface area contributed by atoms with Gasteiger partial charge >= 0.3 is 0 Å². The molecule has 1 aromatic carbocycles. The van der Waals surface area contributed by atoms with Crippen molar-refractivity contribution >= 4 is 40.6 Å². The molecule has 4 rings (SSSR count). The molecule has 2 fully saturated rings. The molecule has 0 spiro atoms. The van der Waals surface area contributed by atoms with Crippen molar-refractivity contribution in [3.05, 3.63) is 27.8 Å². The number of benzene rings is 1. The summed E-state index contributed by atoms with van der Waals surface area (Å²) >= 11 is 6.73. The van der Waals surface area contributed by atoms with Gasteiger partial charge in [-0.25, -0.2) is 0 Å². The van der Waals surface area contributed by atoms with E-state index in [1.807, 2.05) is 6.92 Å². The highest BCUT2D eigenvalue weighted by Crippen LogP contribution is 2.51. The zero-order valence-corrected chi connectivity index (χ0v) is 22.8. The summed E-state index contributed by atoms with van der Waals surface area (Å²) in [6.45, 7) is 6.51. The summed E-state index contributed by atoms with van der Waals surface area (Å²) in [6.07, 6.45) is 0.111. The van der Waals surface area contributed by atoms with Crippen LogP contribution in [-0.4, -0.2) is 75.9 Å². The van der Waals surface area contributed by atoms with Crippen LogP contribution in [-0.2, 0) is 32.1 Å². The molecule has 1 amide bonds. The monoisotopic (exact) mass is 547 g/mol. The van der Waals surface area contributed by atoms with Crippen LogP contribution in [0.25, 0.3) is 0 Å². The molecule has 3 aliphatic carbocycles. The first-order valence-corrected chi connectivity index (χ1v) is 13.1. The summed E-state index contributed by atoms with van der Waals surface area (Å²) in [5.41, 5.74) is 3.47. The van der Waals surface area contributed by atoms with Gasteiger partial charge in [0.05, 0.1) is 17.5 Å². The van der Waals surface area contributed by atoms with E-state index in [1.54, 1.807) is 14.1 Å². The molecule has 1 aromatic rings. The molecule has 10 nitrogen and oxygen atoms in total. The molecule has 0 bridgehead atoms. The molecule has 38 heavy (non-hydrogen) atoms. The van der Waals surface area contributed by atoms with Gasteiger partial charge in [-0.15, -0.1) is 0 Å². The zero-order valence-electron chi connectivity index (χ0n) is 22.1. The van der Waals surface area contributed by atoms with Crippen molar-refractivity contribution in [2.24, 2.45) is 35.3 Å². The van der Waals surface area contributed by atoms with Crippen molar-refractivity contribution < 1.29 is 34.2 Å². The number of nitrogens with two attached hydrogens (primary N) is 1. The maximum Gasteiger partial charge on any atom is 0.235 e. The Morgan fingerprint density at radius 2 is 1.84 bits per heavy atom. The molecular weight excluding hydrogens is 514 g/mol. The SMILES string of the molecule is CC(C)[C@H](C)NCc1cc(O)c2c(c1Cl)C[C@H]1C[C@H]3[C@H](N(C)C)C(=O)C(C(N)=O)C(=O)[C@@]3(O)C(=O)C1C2=O. The lowest BCUT2D eigenvalue weighted by atomic mass is 9.52. The number of hydrogen-bond acceptors (Lipinski definition) is 9. The van der Waals surface area contributed by atoms with E-state index in [2.05, 4.69) is 19.2 Å². The maximum atomic E-state index is 13.8. The number of carbonyl (C=O) groups is 5. The van der Waals surface area contributed by atoms with Gasteiger partial charge in [0.25, 0.3) is 0 Å². The highest BCUT2D eigenvalue weighted by atomic mass is 35.5. The molecule has 0 saturated heterocycles. The topological polar surface area (TPSA) is 167 Å². The second-order valence-corrected chi connectivity index (χ2v) is 11.8. The van der Waals surface area contributed by atoms with E-state index in [1.165, 1.54) is 11.0 Å². The van der Waals surface area contributed by atoms with Crippen LogP contribution < -0.4 is 11.1 Å². The average Bonchev–Trinajstić information content (AvgIpc) is 2.81. The number of halogens is 1. The van der Waals surface area contributed by atoms with Crippen molar-refractivity contribution in [1.82, 2.24) is 10.2 Å². The number of fused-ring (bicyclic) bond motifs is 3. The molecule has 2 unspecified atom stereocenters. The Balaban J connectivity index is 1.78. The number of aliphatic hydroxyl groups is 1. The third-order valence-corrected chi connectivity index (χ3v) is 9.15. The Bertz CT molecular complexity index is 1250. The smallest absolute Gasteiger partial charge is 0.235 e. The van der Waals surface area contributed by atoms with E-state index in [0.717, 1.165) is 0 Å². The normalized spacial score (nSPS) is 31.8. The number of nitrogens with zero attached hydrogens (tertiary/aromatic N) is 1. The number of aromatic hydroxyl groups is 1. The fourth-order valence-corrected chi connectivity index (χ4v) is 6.64. The van der Waals surface area contributed by atoms with Crippen molar-refractivity contribution in [1.29, 1.82) is 0 Å². The van der Waals surface area contributed by atoms with E-state index in [0.29, 0.717) is 28.6 Å². The number of phenols is 1. The van der Waals surface area contributed by atoms with Gasteiger partial charge in [0.2, 0.25) is 5.91 Å². The molecule has 2 saturated carbocycles. The van der Waals surface area contributed by atoms with Gasteiger partial charge < -0.3 is 21.3 Å². The van der Waals surface area contributed by atoms with Crippen LogP contribution in [0.5, 0.6) is 5.75 Å². The van der Waals surface area contributed by atoms with Crippen molar-refractivity contribution in [2.75, 3.05) is 14.1 Å². The number of hydrogen-bond donors (Lipinski definition) is 4. The number of phenolic OH excluding ortho intramolecular Hbond substituents is 1. The van der Waals surface area contributed by atoms with Crippen molar-refractivity contribution in [2.45, 2.75) is 57.8 Å². The lowest BCUT2D eigenvalue weighted by Crippen LogP contribution is -2.74. The first kappa shape index (κ1) is 28.4. The molecule has 3 aliphatic rings. The third kappa shape index (κ3) is 4.09. The molecule has 7 atom stereocenters. The lowest BCUT2D eigenvalue weighted by molar-refractivity contribution is -0.181. The standard InChI is InChI=1S/C27H34ClN3O7/c1-10(2)11(3)30-9-13-8-16(32)18-14(20(13)28)6-12-7-15-21(31(4)5)23(34)19(26(29)37)25(36)27(15,38)24(35)17(12)22(18)33/h8,10-12,15,17,19,21,30,32,38H,6-7,9H2,1-5H3,(H2,29,37)/t11-,12-,15-,17?,19?,21-,27-/m0/s1. The molecule has 0 aromatic heterocycles. The minimum absolute atomic E-state index is 0.0200. The summed E-state index contributed by atoms with van der Waals surface area (Å²) in [5, 5.41) is 26.1. The predicted molar refractivity (Wildman–Crippen MR) is 138 cm³/mol. The average molecular weight is 548 g/mol. The number of likely N-dealkylation sites (N-methyl/N-ethyl adjacent to an activating group) is 1. The van der Waals surface area contributed by atoms with E-state index >= 15 is 0 Å². The Hall–Kier alpha value is -2.66. The third-order valence-electron chi connectivity index (χ3n) is 8.68. The van der Waals surface area contributed by atoms with Gasteiger partial charge in [-0.1, -0.05) is 25.4 Å². The van der Waals surface area contributed by atoms with Gasteiger partial charge in [-0.3, -0.25) is 28.9 Å². The Labute approximate surface area is 225 Å². The van der Waals surface area contributed by atoms with Crippen LogP contribution in [0.4, 0.5) is 0 Å². The minimum atomic E-state index is -2.74. The van der Waals surface area contributed by atoms with Crippen LogP contribution in [0.2, 0.25) is 5.02 Å². The number of Topliss-reactive ketones (excluding diaryl/α,β-unsaturated/α-hetero) is 4. The molecule has 206 valence electrons. The predicted octanol–water partition coefficient (Wildman–Crippen LogP) is 0.655. The highest BCUT2D eigenvalue weighted by molar-refractivity contribution is 6.34. The first-order chi connectivity index (χ1) is 17.6. The molecule has 0 radical (unpaired) electrons. The van der Waals surface area contributed by atoms with E-state index < -0.39 is 64.4 Å². The molecule has 11 heteroatoms. The summed E-state index contributed by atoms with van der Waals surface area (Å²) < 4.78 is 0. The van der Waals surface area contributed by atoms with Crippen LogP contribution in [0.3, 0.4) is 0 Å². The van der Waals surface area contributed by atoms with Crippen LogP contribution in [0.15, 0.2) is 6.07 Å². The summed E-state index contributed by atoms with van der Waals surface area (Å²) in [6, 6.07) is 0.408. The van der Waals surface area contributed by atoms with Crippen LogP contribution >= 0.6 is 11.6 Å². The van der Waals surface area contributed by atoms with Gasteiger partial charge in [0, 0.05) is 23.5 Å².